The third-order valence-electron chi connectivity index (χ3n) is 5.36. The van der Waals surface area contributed by atoms with Crippen molar-refractivity contribution in [2.24, 2.45) is 4.99 Å². The van der Waals surface area contributed by atoms with Crippen LogP contribution >= 0.6 is 11.8 Å². The van der Waals surface area contributed by atoms with Crippen molar-refractivity contribution in [2.75, 3.05) is 17.2 Å². The number of nitrogens with zero attached hydrogens (tertiary/aromatic N) is 3. The molecule has 0 saturated carbocycles. The molecule has 0 bridgehead atoms. The predicted molar refractivity (Wildman–Crippen MR) is 126 cm³/mol. The lowest BCUT2D eigenvalue weighted by molar-refractivity contribution is 0.0846. The Kier molecular flexibility index (Phi) is 5.33. The van der Waals surface area contributed by atoms with E-state index in [4.69, 9.17) is 0 Å². The number of hydrogen-bond donors (Lipinski definition) is 0. The van der Waals surface area contributed by atoms with Crippen molar-refractivity contribution in [3.63, 3.8) is 0 Å². The van der Waals surface area contributed by atoms with Crippen LogP contribution in [0.15, 0.2) is 83.9 Å². The van der Waals surface area contributed by atoms with Crippen LogP contribution in [-0.2, 0) is 0 Å². The first-order chi connectivity index (χ1) is 15.6. The van der Waals surface area contributed by atoms with Gasteiger partial charge in [0.25, 0.3) is 17.7 Å². The zero-order valence-corrected chi connectivity index (χ0v) is 17.9. The molecule has 0 aliphatic carbocycles. The Bertz CT molecular complexity index is 1220. The number of carbonyl (C=O) groups excluding carboxylic acids is 3. The fourth-order valence-electron chi connectivity index (χ4n) is 3.81. The number of amides is 3. The topological polar surface area (TPSA) is 70.1 Å². The first-order valence-electron chi connectivity index (χ1n) is 10.3. The third-order valence-corrected chi connectivity index (χ3v) is 6.42. The summed E-state index contributed by atoms with van der Waals surface area (Å²) in [6, 6.07) is 22.9. The maximum absolute atomic E-state index is 13.4. The van der Waals surface area contributed by atoms with Crippen LogP contribution in [0.2, 0.25) is 0 Å². The second kappa shape index (κ2) is 8.43. The molecule has 7 heteroatoms. The second-order valence-corrected chi connectivity index (χ2v) is 8.49. The second-order valence-electron chi connectivity index (χ2n) is 7.43. The summed E-state index contributed by atoms with van der Waals surface area (Å²) < 4.78 is 0. The largest absolute Gasteiger partial charge is 0.287 e. The average molecular weight is 442 g/mol. The van der Waals surface area contributed by atoms with Gasteiger partial charge in [-0.3, -0.25) is 19.3 Å². The molecule has 0 atom stereocenters. The average Bonchev–Trinajstić information content (AvgIpc) is 3.10. The Morgan fingerprint density at radius 3 is 2.25 bits per heavy atom. The number of anilines is 1. The number of imide groups is 1. The van der Waals surface area contributed by atoms with Gasteiger partial charge in [0.15, 0.2) is 5.17 Å². The summed E-state index contributed by atoms with van der Waals surface area (Å²) in [4.78, 5) is 46.5. The summed E-state index contributed by atoms with van der Waals surface area (Å²) in [6.07, 6.45) is 0.863. The fraction of sp³-hybridized carbons (Fsp3) is 0.120. The summed E-state index contributed by atoms with van der Waals surface area (Å²) in [7, 11) is 0. The van der Waals surface area contributed by atoms with Gasteiger partial charge in [0, 0.05) is 17.9 Å². The van der Waals surface area contributed by atoms with Crippen LogP contribution in [0.4, 0.5) is 11.4 Å². The number of rotatable bonds is 3. The zero-order valence-electron chi connectivity index (χ0n) is 17.1. The van der Waals surface area contributed by atoms with Gasteiger partial charge in [-0.15, -0.1) is 0 Å². The highest BCUT2D eigenvalue weighted by atomic mass is 32.2. The van der Waals surface area contributed by atoms with Gasteiger partial charge in [0.1, 0.15) is 0 Å². The quantitative estimate of drug-likeness (QED) is 0.550. The standard InChI is InChI=1S/C25H19N3O3S/c29-22(27-14-7-15-32-25(27)26-18-9-2-1-3-10-18)17-8-6-11-19(16-17)28-23(30)20-12-4-5-13-21(20)24(28)31/h1-6,8-13,16H,7,14-15H2. The molecule has 1 fully saturated rings. The SMILES string of the molecule is O=C(c1cccc(N2C(=O)c3ccccc3C2=O)c1)N1CCCSC1=Nc1ccccc1. The van der Waals surface area contributed by atoms with Crippen molar-refractivity contribution in [1.82, 2.24) is 4.90 Å². The van der Waals surface area contributed by atoms with Gasteiger partial charge in [-0.1, -0.05) is 48.2 Å². The minimum Gasteiger partial charge on any atom is -0.287 e. The number of benzene rings is 3. The molecule has 6 nitrogen and oxygen atoms in total. The van der Waals surface area contributed by atoms with Crippen molar-refractivity contribution in [1.29, 1.82) is 0 Å². The van der Waals surface area contributed by atoms with E-state index < -0.39 is 0 Å². The van der Waals surface area contributed by atoms with Gasteiger partial charge in [-0.05, 0) is 48.9 Å². The Morgan fingerprint density at radius 1 is 0.844 bits per heavy atom. The Hall–Kier alpha value is -3.71. The van der Waals surface area contributed by atoms with E-state index in [0.29, 0.717) is 34.1 Å². The molecular formula is C25H19N3O3S. The molecule has 0 unspecified atom stereocenters. The molecule has 0 spiro atoms. The number of amidine groups is 1. The first-order valence-corrected chi connectivity index (χ1v) is 11.3. The van der Waals surface area contributed by atoms with Gasteiger partial charge in [0.05, 0.1) is 22.5 Å². The molecule has 2 aliphatic heterocycles. The lowest BCUT2D eigenvalue weighted by atomic mass is 10.1. The number of fused-ring (bicyclic) bond motifs is 1. The van der Waals surface area contributed by atoms with Crippen LogP contribution in [0.3, 0.4) is 0 Å². The Morgan fingerprint density at radius 2 is 1.53 bits per heavy atom. The maximum atomic E-state index is 13.4. The van der Waals surface area contributed by atoms with Crippen molar-refractivity contribution in [3.05, 3.63) is 95.6 Å². The minimum absolute atomic E-state index is 0.203. The predicted octanol–water partition coefficient (Wildman–Crippen LogP) is 4.75. The summed E-state index contributed by atoms with van der Waals surface area (Å²) in [5.74, 6) is -0.0692. The maximum Gasteiger partial charge on any atom is 0.266 e. The smallest absolute Gasteiger partial charge is 0.266 e. The lowest BCUT2D eigenvalue weighted by Crippen LogP contribution is -2.39. The van der Waals surface area contributed by atoms with Gasteiger partial charge in [0.2, 0.25) is 0 Å². The van der Waals surface area contributed by atoms with Crippen LogP contribution in [0.1, 0.15) is 37.5 Å². The highest BCUT2D eigenvalue weighted by Gasteiger charge is 2.36. The third kappa shape index (κ3) is 3.61. The van der Waals surface area contributed by atoms with Crippen molar-refractivity contribution in [3.8, 4) is 0 Å². The van der Waals surface area contributed by atoms with Gasteiger partial charge in [-0.25, -0.2) is 9.89 Å². The first kappa shape index (κ1) is 20.2. The van der Waals surface area contributed by atoms with E-state index in [0.717, 1.165) is 22.8 Å². The molecule has 0 aromatic heterocycles. The van der Waals surface area contributed by atoms with E-state index in [2.05, 4.69) is 4.99 Å². The number of thioether (sulfide) groups is 1. The highest BCUT2D eigenvalue weighted by Crippen LogP contribution is 2.30. The molecule has 2 aliphatic rings. The number of aliphatic imine (C=N–C) groups is 1. The van der Waals surface area contributed by atoms with Crippen LogP contribution in [0.25, 0.3) is 0 Å². The number of hydrogen-bond acceptors (Lipinski definition) is 5. The molecule has 3 aromatic rings. The molecule has 0 radical (unpaired) electrons. The molecule has 3 amide bonds. The molecule has 1 saturated heterocycles. The lowest BCUT2D eigenvalue weighted by Gasteiger charge is -2.28. The number of carbonyl (C=O) groups is 3. The van der Waals surface area contributed by atoms with E-state index in [-0.39, 0.29) is 17.7 Å². The van der Waals surface area contributed by atoms with Gasteiger partial charge >= 0.3 is 0 Å². The molecule has 3 aromatic carbocycles. The van der Waals surface area contributed by atoms with Crippen LogP contribution < -0.4 is 4.90 Å². The molecule has 0 N–H and O–H groups in total. The van der Waals surface area contributed by atoms with E-state index in [1.54, 1.807) is 65.2 Å². The van der Waals surface area contributed by atoms with Crippen LogP contribution in [-0.4, -0.2) is 40.1 Å². The fourth-order valence-corrected chi connectivity index (χ4v) is 4.77. The van der Waals surface area contributed by atoms with Gasteiger partial charge < -0.3 is 0 Å². The monoisotopic (exact) mass is 441 g/mol. The van der Waals surface area contributed by atoms with Gasteiger partial charge in [-0.2, -0.15) is 0 Å². The molecule has 158 valence electrons. The Balaban J connectivity index is 1.45. The molecule has 2 heterocycles. The summed E-state index contributed by atoms with van der Waals surface area (Å²) >= 11 is 1.55. The summed E-state index contributed by atoms with van der Waals surface area (Å²) in [6.45, 7) is 0.564. The van der Waals surface area contributed by atoms with Crippen LogP contribution in [0.5, 0.6) is 0 Å². The summed E-state index contributed by atoms with van der Waals surface area (Å²) in [5, 5.41) is 0.651. The van der Waals surface area contributed by atoms with Crippen molar-refractivity contribution >= 4 is 46.0 Å². The summed E-state index contributed by atoms with van der Waals surface area (Å²) in [5.41, 5.74) is 2.32. The van der Waals surface area contributed by atoms with Crippen molar-refractivity contribution in [2.45, 2.75) is 6.42 Å². The molecule has 32 heavy (non-hydrogen) atoms. The van der Waals surface area contributed by atoms with E-state index in [1.807, 2.05) is 30.3 Å². The zero-order chi connectivity index (χ0) is 22.1. The Labute approximate surface area is 189 Å². The molecule has 5 rings (SSSR count). The number of para-hydroxylation sites is 1. The van der Waals surface area contributed by atoms with Crippen LogP contribution in [0, 0.1) is 0 Å². The van der Waals surface area contributed by atoms with E-state index in [1.165, 1.54) is 0 Å². The highest BCUT2D eigenvalue weighted by molar-refractivity contribution is 8.13. The van der Waals surface area contributed by atoms with E-state index >= 15 is 0 Å². The van der Waals surface area contributed by atoms with E-state index in [9.17, 15) is 14.4 Å². The van der Waals surface area contributed by atoms with Crippen molar-refractivity contribution < 1.29 is 14.4 Å². The molecular weight excluding hydrogens is 422 g/mol. The normalized spacial score (nSPS) is 17.1. The minimum atomic E-state index is -0.380.